The number of hydrogen-bond acceptors (Lipinski definition) is 3. The third-order valence-electron chi connectivity index (χ3n) is 5.44. The number of Topliss-reactive ketones (excluding diaryl/α,β-unsaturated/α-hetero) is 1. The molecule has 0 amide bonds. The molecule has 1 heterocycles. The zero-order valence-electron chi connectivity index (χ0n) is 16.6. The van der Waals surface area contributed by atoms with Crippen molar-refractivity contribution < 1.29 is 14.3 Å². The van der Waals surface area contributed by atoms with Crippen molar-refractivity contribution in [1.29, 1.82) is 0 Å². The summed E-state index contributed by atoms with van der Waals surface area (Å²) in [5.74, 6) is -0.305. The molecular formula is C26H20Br2O3. The van der Waals surface area contributed by atoms with Crippen LogP contribution in [0.5, 0.6) is 0 Å². The Morgan fingerprint density at radius 1 is 0.839 bits per heavy atom. The molecule has 0 N–H and O–H groups in total. The van der Waals surface area contributed by atoms with Crippen molar-refractivity contribution in [2.45, 2.75) is 18.8 Å². The lowest BCUT2D eigenvalue weighted by atomic mass is 9.80. The van der Waals surface area contributed by atoms with Gasteiger partial charge in [0.15, 0.2) is 5.78 Å². The number of rotatable bonds is 6. The van der Waals surface area contributed by atoms with E-state index in [2.05, 4.69) is 31.9 Å². The van der Waals surface area contributed by atoms with Crippen molar-refractivity contribution in [3.05, 3.63) is 111 Å². The molecule has 3 aromatic carbocycles. The van der Waals surface area contributed by atoms with Crippen molar-refractivity contribution in [3.8, 4) is 0 Å². The SMILES string of the molecule is O=C(CC[C@@H]1C(=O)OC(c2ccc(Br)cc2)=C[C@@H]1c1ccc(Br)cc1)c1ccccc1. The highest BCUT2D eigenvalue weighted by atomic mass is 79.9. The van der Waals surface area contributed by atoms with E-state index in [1.165, 1.54) is 0 Å². The predicted octanol–water partition coefficient (Wildman–Crippen LogP) is 7.17. The second kappa shape index (κ2) is 9.75. The summed E-state index contributed by atoms with van der Waals surface area (Å²) in [6.45, 7) is 0. The summed E-state index contributed by atoms with van der Waals surface area (Å²) in [5, 5.41) is 0. The number of hydrogen-bond donors (Lipinski definition) is 0. The van der Waals surface area contributed by atoms with E-state index in [1.54, 1.807) is 12.1 Å². The van der Waals surface area contributed by atoms with Gasteiger partial charge in [-0.3, -0.25) is 9.59 Å². The van der Waals surface area contributed by atoms with E-state index < -0.39 is 5.92 Å². The first-order valence-corrected chi connectivity index (χ1v) is 11.6. The number of carbonyl (C=O) groups excluding carboxylic acids is 2. The van der Waals surface area contributed by atoms with Gasteiger partial charge < -0.3 is 4.74 Å². The Bertz CT molecular complexity index is 1100. The average molecular weight is 540 g/mol. The summed E-state index contributed by atoms with van der Waals surface area (Å²) in [6.07, 6.45) is 2.72. The highest BCUT2D eigenvalue weighted by molar-refractivity contribution is 9.10. The normalized spacial score (nSPS) is 18.3. The number of ketones is 1. The van der Waals surface area contributed by atoms with Crippen LogP contribution in [0.15, 0.2) is 93.9 Å². The largest absolute Gasteiger partial charge is 0.426 e. The van der Waals surface area contributed by atoms with Crippen LogP contribution in [0.4, 0.5) is 0 Å². The van der Waals surface area contributed by atoms with Crippen LogP contribution in [-0.2, 0) is 9.53 Å². The fourth-order valence-corrected chi connectivity index (χ4v) is 4.31. The molecule has 0 spiro atoms. The minimum atomic E-state index is -0.423. The number of allylic oxidation sites excluding steroid dienone is 1. The lowest BCUT2D eigenvalue weighted by Crippen LogP contribution is -2.28. The Kier molecular flexibility index (Phi) is 6.83. The molecule has 3 aromatic rings. The molecule has 156 valence electrons. The van der Waals surface area contributed by atoms with Gasteiger partial charge in [-0.1, -0.05) is 86.5 Å². The Morgan fingerprint density at radius 2 is 1.45 bits per heavy atom. The summed E-state index contributed by atoms with van der Waals surface area (Å²) in [4.78, 5) is 25.7. The summed E-state index contributed by atoms with van der Waals surface area (Å²) in [5.41, 5.74) is 2.53. The molecule has 5 heteroatoms. The van der Waals surface area contributed by atoms with Crippen molar-refractivity contribution in [3.63, 3.8) is 0 Å². The fourth-order valence-electron chi connectivity index (χ4n) is 3.78. The first-order valence-electron chi connectivity index (χ1n) is 10.0. The molecule has 2 atom stereocenters. The van der Waals surface area contributed by atoms with E-state index in [0.717, 1.165) is 20.1 Å². The summed E-state index contributed by atoms with van der Waals surface area (Å²) in [7, 11) is 0. The average Bonchev–Trinajstić information content (AvgIpc) is 2.79. The van der Waals surface area contributed by atoms with E-state index in [1.807, 2.05) is 72.8 Å². The minimum absolute atomic E-state index is 0.0330. The number of esters is 1. The van der Waals surface area contributed by atoms with Gasteiger partial charge in [0.2, 0.25) is 0 Å². The maximum absolute atomic E-state index is 13.1. The summed E-state index contributed by atoms with van der Waals surface area (Å²) >= 11 is 6.91. The van der Waals surface area contributed by atoms with Gasteiger partial charge in [-0.25, -0.2) is 0 Å². The van der Waals surface area contributed by atoms with Gasteiger partial charge in [-0.05, 0) is 42.3 Å². The molecule has 1 aliphatic rings. The molecule has 1 aliphatic heterocycles. The first-order chi connectivity index (χ1) is 15.0. The molecular weight excluding hydrogens is 520 g/mol. The first kappa shape index (κ1) is 21.7. The van der Waals surface area contributed by atoms with Gasteiger partial charge >= 0.3 is 5.97 Å². The fraction of sp³-hybridized carbons (Fsp3) is 0.154. The topological polar surface area (TPSA) is 43.4 Å². The highest BCUT2D eigenvalue weighted by Gasteiger charge is 2.35. The van der Waals surface area contributed by atoms with Crippen LogP contribution < -0.4 is 0 Å². The summed E-state index contributed by atoms with van der Waals surface area (Å²) < 4.78 is 7.66. The zero-order chi connectivity index (χ0) is 21.8. The molecule has 4 rings (SSSR count). The van der Waals surface area contributed by atoms with Crippen LogP contribution in [0.3, 0.4) is 0 Å². The molecule has 0 bridgehead atoms. The van der Waals surface area contributed by atoms with Crippen LogP contribution >= 0.6 is 31.9 Å². The van der Waals surface area contributed by atoms with E-state index in [4.69, 9.17) is 4.74 Å². The van der Waals surface area contributed by atoms with Gasteiger partial charge in [0.1, 0.15) is 5.76 Å². The number of ether oxygens (including phenoxy) is 1. The number of benzene rings is 3. The van der Waals surface area contributed by atoms with Crippen molar-refractivity contribution in [1.82, 2.24) is 0 Å². The third-order valence-corrected chi connectivity index (χ3v) is 6.50. The van der Waals surface area contributed by atoms with Crippen LogP contribution in [0.2, 0.25) is 0 Å². The number of carbonyl (C=O) groups is 2. The third kappa shape index (κ3) is 5.23. The van der Waals surface area contributed by atoms with Crippen LogP contribution in [0.25, 0.3) is 5.76 Å². The van der Waals surface area contributed by atoms with E-state index in [-0.39, 0.29) is 24.1 Å². The molecule has 0 saturated heterocycles. The Morgan fingerprint density at radius 3 is 2.10 bits per heavy atom. The van der Waals surface area contributed by atoms with Crippen molar-refractivity contribution in [2.75, 3.05) is 0 Å². The molecule has 0 radical (unpaired) electrons. The van der Waals surface area contributed by atoms with Gasteiger partial charge in [-0.2, -0.15) is 0 Å². The quantitative estimate of drug-likeness (QED) is 0.246. The van der Waals surface area contributed by atoms with E-state index in [0.29, 0.717) is 17.7 Å². The van der Waals surface area contributed by atoms with Gasteiger partial charge in [0, 0.05) is 32.4 Å². The Labute approximate surface area is 198 Å². The molecule has 0 aromatic heterocycles. The number of cyclic esters (lactones) is 1. The maximum Gasteiger partial charge on any atom is 0.315 e. The van der Waals surface area contributed by atoms with Gasteiger partial charge in [0.05, 0.1) is 5.92 Å². The second-order valence-corrected chi connectivity index (χ2v) is 9.30. The van der Waals surface area contributed by atoms with E-state index >= 15 is 0 Å². The zero-order valence-corrected chi connectivity index (χ0v) is 19.8. The van der Waals surface area contributed by atoms with Crippen LogP contribution in [-0.4, -0.2) is 11.8 Å². The second-order valence-electron chi connectivity index (χ2n) is 7.47. The molecule has 3 nitrogen and oxygen atoms in total. The molecule has 0 aliphatic carbocycles. The smallest absolute Gasteiger partial charge is 0.315 e. The molecule has 0 saturated carbocycles. The maximum atomic E-state index is 13.1. The standard InChI is InChI=1S/C26H20Br2O3/c27-20-10-6-17(7-11-20)23-16-25(19-8-12-21(28)13-9-19)31-26(30)22(23)14-15-24(29)18-4-2-1-3-5-18/h1-13,16,22-23H,14-15H2/t22-,23+/m0/s1. The predicted molar refractivity (Wildman–Crippen MR) is 129 cm³/mol. The lowest BCUT2D eigenvalue weighted by molar-refractivity contribution is -0.143. The van der Waals surface area contributed by atoms with Crippen molar-refractivity contribution >= 4 is 49.4 Å². The molecule has 0 fully saturated rings. The monoisotopic (exact) mass is 538 g/mol. The van der Waals surface area contributed by atoms with Crippen molar-refractivity contribution in [2.24, 2.45) is 5.92 Å². The van der Waals surface area contributed by atoms with Crippen LogP contribution in [0.1, 0.15) is 40.2 Å². The molecule has 31 heavy (non-hydrogen) atoms. The molecule has 0 unspecified atom stereocenters. The van der Waals surface area contributed by atoms with Crippen LogP contribution in [0, 0.1) is 5.92 Å². The highest BCUT2D eigenvalue weighted by Crippen LogP contribution is 2.39. The van der Waals surface area contributed by atoms with Gasteiger partial charge in [0.25, 0.3) is 0 Å². The summed E-state index contributed by atoms with van der Waals surface area (Å²) in [6, 6.07) is 24.8. The number of halogens is 2. The Hall–Kier alpha value is -2.50. The van der Waals surface area contributed by atoms with E-state index in [9.17, 15) is 9.59 Å². The lowest BCUT2D eigenvalue weighted by Gasteiger charge is -2.29. The van der Waals surface area contributed by atoms with Gasteiger partial charge in [-0.15, -0.1) is 0 Å². The minimum Gasteiger partial charge on any atom is -0.426 e. The Balaban J connectivity index is 1.63.